The van der Waals surface area contributed by atoms with E-state index in [1.807, 2.05) is 17.0 Å². The second-order valence-corrected chi connectivity index (χ2v) is 9.28. The number of sulfone groups is 1. The molecule has 1 atom stereocenters. The molecular formula is C18H23NO5S. The van der Waals surface area contributed by atoms with Gasteiger partial charge in [-0.15, -0.1) is 0 Å². The number of amides is 1. The van der Waals surface area contributed by atoms with Crippen molar-refractivity contribution in [3.63, 3.8) is 0 Å². The van der Waals surface area contributed by atoms with E-state index in [0.29, 0.717) is 25.9 Å². The van der Waals surface area contributed by atoms with Crippen LogP contribution in [0.25, 0.3) is 0 Å². The van der Waals surface area contributed by atoms with Gasteiger partial charge in [0.25, 0.3) is 0 Å². The molecule has 2 aliphatic heterocycles. The number of likely N-dealkylation sites (tertiary alicyclic amines) is 1. The minimum atomic E-state index is -2.96. The van der Waals surface area contributed by atoms with Crippen LogP contribution < -0.4 is 0 Å². The Bertz CT molecular complexity index is 742. The number of carboxylic acid groups (broad SMARTS) is 1. The van der Waals surface area contributed by atoms with Crippen LogP contribution in [0.5, 0.6) is 0 Å². The van der Waals surface area contributed by atoms with E-state index < -0.39 is 15.8 Å². The third-order valence-corrected chi connectivity index (χ3v) is 6.98. The number of benzene rings is 1. The zero-order valence-corrected chi connectivity index (χ0v) is 14.9. The van der Waals surface area contributed by atoms with Crippen LogP contribution in [0.4, 0.5) is 0 Å². The average Bonchev–Trinajstić information content (AvgIpc) is 2.61. The lowest BCUT2D eigenvalue weighted by Gasteiger charge is -2.36. The number of hydrogen-bond donors (Lipinski definition) is 1. The molecule has 2 heterocycles. The summed E-state index contributed by atoms with van der Waals surface area (Å²) in [6.45, 7) is 1.33. The van der Waals surface area contributed by atoms with Gasteiger partial charge >= 0.3 is 5.97 Å². The SMILES string of the molecule is O=C(O)c1ccc([C@@H]2CCCN(C(=O)C3CCS(=O)(=O)CC3)C2)cc1. The number of hydrogen-bond acceptors (Lipinski definition) is 4. The third-order valence-electron chi connectivity index (χ3n) is 5.27. The molecule has 0 radical (unpaired) electrons. The lowest BCUT2D eigenvalue weighted by Crippen LogP contribution is -2.44. The van der Waals surface area contributed by atoms with Crippen LogP contribution in [0, 0.1) is 5.92 Å². The lowest BCUT2D eigenvalue weighted by molar-refractivity contribution is -0.137. The largest absolute Gasteiger partial charge is 0.478 e. The second-order valence-electron chi connectivity index (χ2n) is 6.98. The predicted octanol–water partition coefficient (Wildman–Crippen LogP) is 1.92. The summed E-state index contributed by atoms with van der Waals surface area (Å²) in [5, 5.41) is 8.99. The van der Waals surface area contributed by atoms with E-state index in [4.69, 9.17) is 5.11 Å². The van der Waals surface area contributed by atoms with Crippen LogP contribution in [0.2, 0.25) is 0 Å². The van der Waals surface area contributed by atoms with Gasteiger partial charge < -0.3 is 10.0 Å². The van der Waals surface area contributed by atoms with E-state index in [9.17, 15) is 18.0 Å². The van der Waals surface area contributed by atoms with Gasteiger partial charge in [0.1, 0.15) is 9.84 Å². The summed E-state index contributed by atoms with van der Waals surface area (Å²) in [5.41, 5.74) is 1.31. The zero-order valence-electron chi connectivity index (χ0n) is 14.1. The quantitative estimate of drug-likeness (QED) is 0.883. The summed E-state index contributed by atoms with van der Waals surface area (Å²) in [6.07, 6.45) is 2.72. The first-order chi connectivity index (χ1) is 11.9. The molecule has 2 fully saturated rings. The van der Waals surface area contributed by atoms with Crippen LogP contribution in [0.1, 0.15) is 47.5 Å². The highest BCUT2D eigenvalue weighted by Crippen LogP contribution is 2.29. The summed E-state index contributed by atoms with van der Waals surface area (Å²) >= 11 is 0. The maximum absolute atomic E-state index is 12.7. The van der Waals surface area contributed by atoms with Crippen molar-refractivity contribution < 1.29 is 23.1 Å². The molecule has 1 aromatic carbocycles. The molecule has 2 saturated heterocycles. The molecule has 6 nitrogen and oxygen atoms in total. The first-order valence-corrected chi connectivity index (χ1v) is 10.5. The van der Waals surface area contributed by atoms with Crippen molar-refractivity contribution >= 4 is 21.7 Å². The van der Waals surface area contributed by atoms with E-state index in [-0.39, 0.29) is 34.8 Å². The van der Waals surface area contributed by atoms with Gasteiger partial charge in [0.2, 0.25) is 5.91 Å². The number of carbonyl (C=O) groups excluding carboxylic acids is 1. The molecular weight excluding hydrogens is 342 g/mol. The molecule has 136 valence electrons. The van der Waals surface area contributed by atoms with Gasteiger partial charge in [0.05, 0.1) is 17.1 Å². The van der Waals surface area contributed by atoms with Crippen molar-refractivity contribution in [1.82, 2.24) is 4.90 Å². The molecule has 25 heavy (non-hydrogen) atoms. The number of nitrogens with zero attached hydrogens (tertiary/aromatic N) is 1. The van der Waals surface area contributed by atoms with Crippen LogP contribution in [-0.2, 0) is 14.6 Å². The molecule has 1 N–H and O–H groups in total. The predicted molar refractivity (Wildman–Crippen MR) is 93.3 cm³/mol. The molecule has 2 aliphatic rings. The molecule has 1 amide bonds. The molecule has 0 unspecified atom stereocenters. The van der Waals surface area contributed by atoms with Crippen LogP contribution in [-0.4, -0.2) is 54.9 Å². The highest BCUT2D eigenvalue weighted by molar-refractivity contribution is 7.91. The highest BCUT2D eigenvalue weighted by Gasteiger charge is 2.33. The molecule has 0 aromatic heterocycles. The van der Waals surface area contributed by atoms with Crippen LogP contribution in [0.15, 0.2) is 24.3 Å². The molecule has 0 spiro atoms. The van der Waals surface area contributed by atoms with Crippen molar-refractivity contribution in [3.05, 3.63) is 35.4 Å². The van der Waals surface area contributed by atoms with Crippen molar-refractivity contribution in [2.45, 2.75) is 31.6 Å². The summed E-state index contributed by atoms with van der Waals surface area (Å²) in [7, 11) is -2.96. The molecule has 1 aromatic rings. The van der Waals surface area contributed by atoms with Crippen molar-refractivity contribution in [3.8, 4) is 0 Å². The number of aromatic carboxylic acids is 1. The molecule has 0 bridgehead atoms. The van der Waals surface area contributed by atoms with Gasteiger partial charge in [-0.1, -0.05) is 12.1 Å². The van der Waals surface area contributed by atoms with Crippen molar-refractivity contribution in [1.29, 1.82) is 0 Å². The fourth-order valence-corrected chi connectivity index (χ4v) is 5.23. The van der Waals surface area contributed by atoms with E-state index >= 15 is 0 Å². The molecule has 0 saturated carbocycles. The fraction of sp³-hybridized carbons (Fsp3) is 0.556. The Hall–Kier alpha value is -1.89. The second kappa shape index (κ2) is 7.15. The number of carboxylic acids is 1. The Kier molecular flexibility index (Phi) is 5.13. The van der Waals surface area contributed by atoms with Crippen LogP contribution >= 0.6 is 0 Å². The standard InChI is InChI=1S/C18H23NO5S/c20-17(14-7-10-25(23,24)11-8-14)19-9-1-2-16(12-19)13-3-5-15(6-4-13)18(21)22/h3-6,14,16H,1-2,7-12H2,(H,21,22)/t16-/m1/s1. The van der Waals surface area contributed by atoms with Gasteiger partial charge in [-0.2, -0.15) is 0 Å². The Morgan fingerprint density at radius 2 is 1.68 bits per heavy atom. The normalized spacial score (nSPS) is 24.0. The third kappa shape index (κ3) is 4.21. The summed E-state index contributed by atoms with van der Waals surface area (Å²) < 4.78 is 23.1. The van der Waals surface area contributed by atoms with E-state index in [1.54, 1.807) is 12.1 Å². The van der Waals surface area contributed by atoms with Crippen LogP contribution in [0.3, 0.4) is 0 Å². The molecule has 7 heteroatoms. The van der Waals surface area contributed by atoms with Gasteiger partial charge in [0.15, 0.2) is 0 Å². The first-order valence-electron chi connectivity index (χ1n) is 8.68. The smallest absolute Gasteiger partial charge is 0.335 e. The average molecular weight is 365 g/mol. The number of rotatable bonds is 3. The Labute approximate surface area is 147 Å². The minimum absolute atomic E-state index is 0.0711. The number of piperidine rings is 1. The van der Waals surface area contributed by atoms with E-state index in [0.717, 1.165) is 18.4 Å². The van der Waals surface area contributed by atoms with E-state index in [2.05, 4.69) is 0 Å². The molecule has 3 rings (SSSR count). The van der Waals surface area contributed by atoms with Gasteiger partial charge in [-0.05, 0) is 43.4 Å². The number of carbonyl (C=O) groups is 2. The first kappa shape index (κ1) is 17.9. The Morgan fingerprint density at radius 3 is 2.28 bits per heavy atom. The fourth-order valence-electron chi connectivity index (χ4n) is 3.74. The summed E-state index contributed by atoms with van der Waals surface area (Å²) in [4.78, 5) is 25.6. The molecule has 0 aliphatic carbocycles. The summed E-state index contributed by atoms with van der Waals surface area (Å²) in [6, 6.07) is 6.86. The van der Waals surface area contributed by atoms with Gasteiger partial charge in [-0.3, -0.25) is 4.79 Å². The van der Waals surface area contributed by atoms with Crippen molar-refractivity contribution in [2.24, 2.45) is 5.92 Å². The summed E-state index contributed by atoms with van der Waals surface area (Å²) in [5.74, 6) is -0.639. The highest BCUT2D eigenvalue weighted by atomic mass is 32.2. The van der Waals surface area contributed by atoms with Gasteiger partial charge in [0, 0.05) is 24.9 Å². The maximum Gasteiger partial charge on any atom is 0.335 e. The Morgan fingerprint density at radius 1 is 1.04 bits per heavy atom. The van der Waals surface area contributed by atoms with Gasteiger partial charge in [-0.25, -0.2) is 13.2 Å². The van der Waals surface area contributed by atoms with Crippen molar-refractivity contribution in [2.75, 3.05) is 24.6 Å². The van der Waals surface area contributed by atoms with E-state index in [1.165, 1.54) is 0 Å². The maximum atomic E-state index is 12.7. The monoisotopic (exact) mass is 365 g/mol. The lowest BCUT2D eigenvalue weighted by atomic mass is 9.89. The minimum Gasteiger partial charge on any atom is -0.478 e. The Balaban J connectivity index is 1.64. The topological polar surface area (TPSA) is 91.8 Å². The zero-order chi connectivity index (χ0) is 18.0.